The van der Waals surface area contributed by atoms with Gasteiger partial charge in [-0.3, -0.25) is 14.5 Å². The molecule has 24 heavy (non-hydrogen) atoms. The Morgan fingerprint density at radius 3 is 2.46 bits per heavy atom. The van der Waals surface area contributed by atoms with Crippen molar-refractivity contribution in [3.8, 4) is 0 Å². The summed E-state index contributed by atoms with van der Waals surface area (Å²) in [7, 11) is 0. The van der Waals surface area contributed by atoms with Crippen molar-refractivity contribution in [3.05, 3.63) is 35.4 Å². The van der Waals surface area contributed by atoms with Crippen LogP contribution < -0.4 is 5.73 Å². The molecule has 2 atom stereocenters. The monoisotopic (exact) mass is 327 g/mol. The van der Waals surface area contributed by atoms with Gasteiger partial charge in [0.15, 0.2) is 0 Å². The number of nitrogens with two attached hydrogens (primary N) is 1. The molecule has 1 saturated heterocycles. The molecule has 1 aromatic carbocycles. The van der Waals surface area contributed by atoms with Gasteiger partial charge in [0.2, 0.25) is 11.8 Å². The van der Waals surface area contributed by atoms with Crippen molar-refractivity contribution in [2.75, 3.05) is 26.2 Å². The average Bonchev–Trinajstić information content (AvgIpc) is 3.34. The Bertz CT molecular complexity index is 648. The topological polar surface area (TPSA) is 66.6 Å². The maximum Gasteiger partial charge on any atom is 0.248 e. The van der Waals surface area contributed by atoms with Gasteiger partial charge in [-0.1, -0.05) is 18.6 Å². The van der Waals surface area contributed by atoms with Crippen molar-refractivity contribution in [3.63, 3.8) is 0 Å². The molecule has 0 spiro atoms. The number of benzene rings is 1. The molecular weight excluding hydrogens is 302 g/mol. The number of rotatable bonds is 4. The van der Waals surface area contributed by atoms with Crippen LogP contribution in [0, 0.1) is 5.92 Å². The molecule has 0 radical (unpaired) electrons. The fourth-order valence-corrected chi connectivity index (χ4v) is 4.05. The van der Waals surface area contributed by atoms with E-state index in [9.17, 15) is 9.59 Å². The lowest BCUT2D eigenvalue weighted by molar-refractivity contribution is -0.135. The minimum absolute atomic E-state index is 0.0865. The third kappa shape index (κ3) is 2.93. The predicted octanol–water partition coefficient (Wildman–Crippen LogP) is 1.59. The molecule has 5 nitrogen and oxygen atoms in total. The summed E-state index contributed by atoms with van der Waals surface area (Å²) < 4.78 is 0. The molecule has 3 aliphatic rings. The van der Waals surface area contributed by atoms with Crippen LogP contribution in [0.2, 0.25) is 0 Å². The van der Waals surface area contributed by atoms with Gasteiger partial charge in [-0.25, -0.2) is 0 Å². The third-order valence-corrected chi connectivity index (χ3v) is 5.92. The van der Waals surface area contributed by atoms with Crippen LogP contribution in [0.4, 0.5) is 0 Å². The molecule has 2 saturated carbocycles. The molecule has 4 rings (SSSR count). The molecule has 1 aliphatic heterocycles. The number of piperazine rings is 1. The van der Waals surface area contributed by atoms with Crippen molar-refractivity contribution in [2.45, 2.75) is 37.6 Å². The van der Waals surface area contributed by atoms with Crippen LogP contribution in [0.15, 0.2) is 24.3 Å². The molecule has 1 unspecified atom stereocenters. The van der Waals surface area contributed by atoms with E-state index in [0.717, 1.165) is 44.2 Å². The first-order valence-corrected chi connectivity index (χ1v) is 9.06. The Balaban J connectivity index is 1.34. The highest BCUT2D eigenvalue weighted by molar-refractivity contribution is 5.93. The van der Waals surface area contributed by atoms with E-state index in [1.807, 2.05) is 23.1 Å². The van der Waals surface area contributed by atoms with Gasteiger partial charge in [0.25, 0.3) is 0 Å². The van der Waals surface area contributed by atoms with Crippen LogP contribution in [0.5, 0.6) is 0 Å². The van der Waals surface area contributed by atoms with Crippen molar-refractivity contribution < 1.29 is 9.59 Å². The average molecular weight is 327 g/mol. The van der Waals surface area contributed by atoms with Crippen molar-refractivity contribution in [2.24, 2.45) is 11.7 Å². The number of carbonyl (C=O) groups is 2. The fourth-order valence-electron chi connectivity index (χ4n) is 4.05. The summed E-state index contributed by atoms with van der Waals surface area (Å²) in [4.78, 5) is 28.6. The second-order valence-corrected chi connectivity index (χ2v) is 7.38. The van der Waals surface area contributed by atoms with Crippen molar-refractivity contribution in [1.82, 2.24) is 9.80 Å². The van der Waals surface area contributed by atoms with Gasteiger partial charge in [0.05, 0.1) is 0 Å². The summed E-state index contributed by atoms with van der Waals surface area (Å²) in [6, 6.07) is 8.19. The van der Waals surface area contributed by atoms with Crippen LogP contribution in [0.1, 0.15) is 47.5 Å². The minimum Gasteiger partial charge on any atom is -0.366 e. The van der Waals surface area contributed by atoms with Gasteiger partial charge in [-0.15, -0.1) is 0 Å². The Kier molecular flexibility index (Phi) is 4.04. The molecule has 3 fully saturated rings. The SMILES string of the molecule is NC(=O)c1cccc([C@H]2CC2C(=O)N2CCN(C3CCC3)CC2)c1. The van der Waals surface area contributed by atoms with E-state index in [1.54, 1.807) is 6.07 Å². The van der Waals surface area contributed by atoms with Gasteiger partial charge in [0.1, 0.15) is 0 Å². The molecule has 2 aliphatic carbocycles. The van der Waals surface area contributed by atoms with Gasteiger partial charge >= 0.3 is 0 Å². The Morgan fingerprint density at radius 1 is 1.08 bits per heavy atom. The highest BCUT2D eigenvalue weighted by atomic mass is 16.2. The summed E-state index contributed by atoms with van der Waals surface area (Å²) in [5.41, 5.74) is 6.94. The van der Waals surface area contributed by atoms with Crippen LogP contribution in [-0.2, 0) is 4.79 Å². The van der Waals surface area contributed by atoms with E-state index in [4.69, 9.17) is 5.73 Å². The largest absolute Gasteiger partial charge is 0.366 e. The summed E-state index contributed by atoms with van der Waals surface area (Å²) in [6.45, 7) is 3.76. The Labute approximate surface area is 142 Å². The second-order valence-electron chi connectivity index (χ2n) is 7.38. The van der Waals surface area contributed by atoms with Gasteiger partial charge in [-0.2, -0.15) is 0 Å². The lowest BCUT2D eigenvalue weighted by atomic mass is 9.91. The second kappa shape index (κ2) is 6.20. The zero-order valence-corrected chi connectivity index (χ0v) is 14.0. The predicted molar refractivity (Wildman–Crippen MR) is 91.6 cm³/mol. The van der Waals surface area contributed by atoms with E-state index in [1.165, 1.54) is 19.3 Å². The zero-order valence-electron chi connectivity index (χ0n) is 14.0. The molecule has 128 valence electrons. The zero-order chi connectivity index (χ0) is 16.7. The molecule has 1 heterocycles. The van der Waals surface area contributed by atoms with E-state index in [-0.39, 0.29) is 17.7 Å². The van der Waals surface area contributed by atoms with E-state index in [0.29, 0.717) is 5.56 Å². The minimum atomic E-state index is -0.410. The van der Waals surface area contributed by atoms with Crippen LogP contribution in [0.25, 0.3) is 0 Å². The fraction of sp³-hybridized carbons (Fsp3) is 0.579. The summed E-state index contributed by atoms with van der Waals surface area (Å²) in [5, 5.41) is 0. The highest BCUT2D eigenvalue weighted by Crippen LogP contribution is 2.48. The van der Waals surface area contributed by atoms with Gasteiger partial charge in [-0.05, 0) is 42.9 Å². The number of amides is 2. The standard InChI is InChI=1S/C19H25N3O2/c20-18(23)14-4-1-3-13(11-14)16-12-17(16)19(24)22-9-7-21(8-10-22)15-5-2-6-15/h1,3-4,11,15-17H,2,5-10,12H2,(H2,20,23)/t16-,17?/m1/s1. The molecule has 2 N–H and O–H groups in total. The molecule has 0 aromatic heterocycles. The molecule has 2 amide bonds. The Hall–Kier alpha value is -1.88. The quantitative estimate of drug-likeness (QED) is 0.913. The number of nitrogens with zero attached hydrogens (tertiary/aromatic N) is 2. The first-order chi connectivity index (χ1) is 11.6. The van der Waals surface area contributed by atoms with Gasteiger partial charge < -0.3 is 10.6 Å². The molecule has 5 heteroatoms. The summed E-state index contributed by atoms with van der Waals surface area (Å²) in [6.07, 6.45) is 4.91. The lowest BCUT2D eigenvalue weighted by Gasteiger charge is -2.43. The van der Waals surface area contributed by atoms with E-state index in [2.05, 4.69) is 4.90 Å². The van der Waals surface area contributed by atoms with Crippen molar-refractivity contribution in [1.29, 1.82) is 0 Å². The number of hydrogen-bond donors (Lipinski definition) is 1. The number of primary amides is 1. The molecular formula is C19H25N3O2. The smallest absolute Gasteiger partial charge is 0.248 e. The van der Waals surface area contributed by atoms with Gasteiger partial charge in [0, 0.05) is 43.7 Å². The maximum absolute atomic E-state index is 12.7. The maximum atomic E-state index is 12.7. The van der Waals surface area contributed by atoms with Crippen LogP contribution in [-0.4, -0.2) is 53.8 Å². The first-order valence-electron chi connectivity index (χ1n) is 9.06. The first kappa shape index (κ1) is 15.6. The van der Waals surface area contributed by atoms with Crippen LogP contribution in [0.3, 0.4) is 0 Å². The highest BCUT2D eigenvalue weighted by Gasteiger charge is 2.46. The summed E-state index contributed by atoms with van der Waals surface area (Å²) >= 11 is 0. The third-order valence-electron chi connectivity index (χ3n) is 5.92. The number of hydrogen-bond acceptors (Lipinski definition) is 3. The van der Waals surface area contributed by atoms with E-state index >= 15 is 0 Å². The molecule has 0 bridgehead atoms. The van der Waals surface area contributed by atoms with Crippen molar-refractivity contribution >= 4 is 11.8 Å². The normalized spacial score (nSPS) is 27.6. The Morgan fingerprint density at radius 2 is 1.83 bits per heavy atom. The summed E-state index contributed by atoms with van der Waals surface area (Å²) in [5.74, 6) is 0.218. The number of carbonyl (C=O) groups excluding carboxylic acids is 2. The lowest BCUT2D eigenvalue weighted by Crippen LogP contribution is -2.53. The molecule has 1 aromatic rings. The van der Waals surface area contributed by atoms with Crippen LogP contribution >= 0.6 is 0 Å². The van der Waals surface area contributed by atoms with E-state index < -0.39 is 5.91 Å².